The first-order chi connectivity index (χ1) is 9.34. The fourth-order valence-electron chi connectivity index (χ4n) is 1.86. The molecule has 1 aromatic rings. The highest BCUT2D eigenvalue weighted by atomic mass is 16.5. The molecule has 1 aliphatic carbocycles. The Bertz CT molecular complexity index is 454. The predicted octanol–water partition coefficient (Wildman–Crippen LogP) is 2.52. The summed E-state index contributed by atoms with van der Waals surface area (Å²) in [6, 6.07) is 9.25. The van der Waals surface area contributed by atoms with Gasteiger partial charge in [0.05, 0.1) is 0 Å². The maximum Gasteiger partial charge on any atom is 0.277 e. The lowest BCUT2D eigenvalue weighted by Gasteiger charge is -2.11. The molecule has 0 radical (unpaired) electrons. The fraction of sp³-hybridized carbons (Fsp3) is 0.333. The number of amides is 1. The van der Waals surface area contributed by atoms with Gasteiger partial charge in [-0.2, -0.15) is 5.10 Å². The molecule has 1 aromatic carbocycles. The van der Waals surface area contributed by atoms with Gasteiger partial charge in [0.2, 0.25) is 0 Å². The van der Waals surface area contributed by atoms with E-state index in [2.05, 4.69) is 22.7 Å². The molecule has 100 valence electrons. The number of carbonyl (C=O) groups is 1. The molecule has 19 heavy (non-hydrogen) atoms. The third-order valence-electron chi connectivity index (χ3n) is 2.90. The number of hydrazone groups is 1. The Hall–Kier alpha value is -2.10. The van der Waals surface area contributed by atoms with Gasteiger partial charge in [-0.1, -0.05) is 30.4 Å². The maximum absolute atomic E-state index is 11.5. The van der Waals surface area contributed by atoms with Crippen molar-refractivity contribution in [3.05, 3.63) is 42.5 Å². The van der Waals surface area contributed by atoms with E-state index >= 15 is 0 Å². The number of nitrogens with zero attached hydrogens (tertiary/aromatic N) is 1. The van der Waals surface area contributed by atoms with Crippen molar-refractivity contribution in [3.8, 4) is 5.75 Å². The molecule has 0 aromatic heterocycles. The molecule has 0 fully saturated rings. The Morgan fingerprint density at radius 1 is 1.37 bits per heavy atom. The largest absolute Gasteiger partial charge is 0.484 e. The molecule has 1 atom stereocenters. The van der Waals surface area contributed by atoms with Crippen LogP contribution in [0.25, 0.3) is 0 Å². The summed E-state index contributed by atoms with van der Waals surface area (Å²) in [7, 11) is 0. The minimum absolute atomic E-state index is 0.0219. The van der Waals surface area contributed by atoms with Crippen LogP contribution in [0.5, 0.6) is 5.75 Å². The van der Waals surface area contributed by atoms with Crippen molar-refractivity contribution in [1.29, 1.82) is 0 Å². The van der Waals surface area contributed by atoms with Gasteiger partial charge in [0.25, 0.3) is 5.91 Å². The first-order valence-electron chi connectivity index (χ1n) is 6.49. The zero-order valence-electron chi connectivity index (χ0n) is 10.8. The summed E-state index contributed by atoms with van der Waals surface area (Å²) in [6.07, 6.45) is 9.32. The van der Waals surface area contributed by atoms with E-state index in [0.717, 1.165) is 19.3 Å². The average molecular weight is 258 g/mol. The second-order valence-corrected chi connectivity index (χ2v) is 4.46. The van der Waals surface area contributed by atoms with Crippen molar-refractivity contribution >= 4 is 12.1 Å². The lowest BCUT2D eigenvalue weighted by Crippen LogP contribution is -2.25. The zero-order valence-corrected chi connectivity index (χ0v) is 10.8. The summed E-state index contributed by atoms with van der Waals surface area (Å²) in [5.74, 6) is 0.867. The molecule has 1 aliphatic rings. The van der Waals surface area contributed by atoms with E-state index < -0.39 is 0 Å². The topological polar surface area (TPSA) is 50.7 Å². The van der Waals surface area contributed by atoms with Gasteiger partial charge < -0.3 is 4.74 Å². The lowest BCUT2D eigenvalue weighted by atomic mass is 9.96. The standard InChI is InChI=1S/C15H18N2O2/c18-15(12-19-14-9-5-2-6-10-14)17-16-11-13-7-3-1-4-8-13/h1-3,5-6,9-11,13H,4,7-8,12H2,(H,17,18)/b16-11+. The second kappa shape index (κ2) is 7.36. The van der Waals surface area contributed by atoms with Crippen LogP contribution >= 0.6 is 0 Å². The molecule has 0 heterocycles. The molecule has 0 saturated carbocycles. The van der Waals surface area contributed by atoms with Crippen molar-refractivity contribution in [3.63, 3.8) is 0 Å². The van der Waals surface area contributed by atoms with Crippen LogP contribution in [0.4, 0.5) is 0 Å². The lowest BCUT2D eigenvalue weighted by molar-refractivity contribution is -0.123. The van der Waals surface area contributed by atoms with Gasteiger partial charge in [-0.15, -0.1) is 0 Å². The molecule has 4 heteroatoms. The van der Waals surface area contributed by atoms with Gasteiger partial charge in [-0.3, -0.25) is 4.79 Å². The number of carbonyl (C=O) groups excluding carboxylic acids is 1. The van der Waals surface area contributed by atoms with Gasteiger partial charge in [0, 0.05) is 6.21 Å². The Morgan fingerprint density at radius 2 is 2.21 bits per heavy atom. The Labute approximate surface area is 113 Å². The minimum atomic E-state index is -0.244. The number of benzene rings is 1. The molecule has 1 unspecified atom stereocenters. The van der Waals surface area contributed by atoms with Crippen molar-refractivity contribution < 1.29 is 9.53 Å². The molecule has 1 amide bonds. The number of para-hydroxylation sites is 1. The molecule has 2 rings (SSSR count). The quantitative estimate of drug-likeness (QED) is 0.501. The molecule has 0 spiro atoms. The number of ether oxygens (including phenoxy) is 1. The number of allylic oxidation sites excluding steroid dienone is 2. The van der Waals surface area contributed by atoms with Crippen LogP contribution in [0, 0.1) is 5.92 Å². The Balaban J connectivity index is 1.67. The van der Waals surface area contributed by atoms with Crippen molar-refractivity contribution in [1.82, 2.24) is 5.43 Å². The number of hydrogen-bond acceptors (Lipinski definition) is 3. The molecule has 0 saturated heterocycles. The van der Waals surface area contributed by atoms with E-state index in [9.17, 15) is 4.79 Å². The summed E-state index contributed by atoms with van der Waals surface area (Å²) >= 11 is 0. The SMILES string of the molecule is O=C(COc1ccccc1)N/N=C/C1CC=CCC1. The van der Waals surface area contributed by atoms with E-state index in [1.54, 1.807) is 0 Å². The second-order valence-electron chi connectivity index (χ2n) is 4.46. The van der Waals surface area contributed by atoms with Gasteiger partial charge in [0.15, 0.2) is 6.61 Å². The summed E-state index contributed by atoms with van der Waals surface area (Å²) < 4.78 is 5.31. The highest BCUT2D eigenvalue weighted by Gasteiger charge is 2.06. The number of hydrogen-bond donors (Lipinski definition) is 1. The predicted molar refractivity (Wildman–Crippen MR) is 75.1 cm³/mol. The summed E-state index contributed by atoms with van der Waals surface area (Å²) in [5, 5.41) is 3.97. The normalized spacial score (nSPS) is 18.4. The third kappa shape index (κ3) is 4.95. The fourth-order valence-corrected chi connectivity index (χ4v) is 1.86. The minimum Gasteiger partial charge on any atom is -0.484 e. The zero-order chi connectivity index (χ0) is 13.3. The van der Waals surface area contributed by atoms with Crippen LogP contribution in [-0.2, 0) is 4.79 Å². The molecule has 4 nitrogen and oxygen atoms in total. The first-order valence-corrected chi connectivity index (χ1v) is 6.49. The van der Waals surface area contributed by atoms with Crippen LogP contribution in [0.3, 0.4) is 0 Å². The van der Waals surface area contributed by atoms with Crippen LogP contribution in [0.15, 0.2) is 47.6 Å². The van der Waals surface area contributed by atoms with Crippen LogP contribution < -0.4 is 10.2 Å². The van der Waals surface area contributed by atoms with E-state index in [0.29, 0.717) is 11.7 Å². The molecule has 0 bridgehead atoms. The van der Waals surface area contributed by atoms with Crippen molar-refractivity contribution in [2.24, 2.45) is 11.0 Å². The van der Waals surface area contributed by atoms with Crippen LogP contribution in [0.2, 0.25) is 0 Å². The molecular formula is C15H18N2O2. The summed E-state index contributed by atoms with van der Waals surface area (Å²) in [5.41, 5.74) is 2.48. The Morgan fingerprint density at radius 3 is 2.95 bits per heavy atom. The summed E-state index contributed by atoms with van der Waals surface area (Å²) in [6.45, 7) is -0.0219. The van der Waals surface area contributed by atoms with E-state index in [4.69, 9.17) is 4.74 Å². The van der Waals surface area contributed by atoms with Crippen molar-refractivity contribution in [2.75, 3.05) is 6.61 Å². The summed E-state index contributed by atoms with van der Waals surface area (Å²) in [4.78, 5) is 11.5. The first kappa shape index (κ1) is 13.3. The van der Waals surface area contributed by atoms with Crippen LogP contribution in [0.1, 0.15) is 19.3 Å². The van der Waals surface area contributed by atoms with E-state index in [1.165, 1.54) is 0 Å². The maximum atomic E-state index is 11.5. The van der Waals surface area contributed by atoms with E-state index in [-0.39, 0.29) is 12.5 Å². The molecule has 0 aliphatic heterocycles. The number of rotatable bonds is 5. The average Bonchev–Trinajstić information content (AvgIpc) is 2.47. The smallest absolute Gasteiger partial charge is 0.277 e. The van der Waals surface area contributed by atoms with Gasteiger partial charge >= 0.3 is 0 Å². The van der Waals surface area contributed by atoms with Crippen molar-refractivity contribution in [2.45, 2.75) is 19.3 Å². The number of nitrogens with one attached hydrogen (secondary N) is 1. The van der Waals surface area contributed by atoms with Gasteiger partial charge in [-0.05, 0) is 37.3 Å². The van der Waals surface area contributed by atoms with Gasteiger partial charge in [-0.25, -0.2) is 5.43 Å². The molecule has 1 N–H and O–H groups in total. The molecular weight excluding hydrogens is 240 g/mol. The Kier molecular flexibility index (Phi) is 5.17. The third-order valence-corrected chi connectivity index (χ3v) is 2.90. The highest BCUT2D eigenvalue weighted by molar-refractivity contribution is 5.78. The highest BCUT2D eigenvalue weighted by Crippen LogP contribution is 2.15. The monoisotopic (exact) mass is 258 g/mol. The van der Waals surface area contributed by atoms with E-state index in [1.807, 2.05) is 36.5 Å². The van der Waals surface area contributed by atoms with Crippen LogP contribution in [-0.4, -0.2) is 18.7 Å². The van der Waals surface area contributed by atoms with Gasteiger partial charge in [0.1, 0.15) is 5.75 Å².